The molecule has 2 aromatic heterocycles. The zero-order chi connectivity index (χ0) is 38.4. The van der Waals surface area contributed by atoms with Crippen LogP contribution in [-0.2, 0) is 0 Å². The molecule has 2 aliphatic rings. The molecule has 0 radical (unpaired) electrons. The lowest BCUT2D eigenvalue weighted by molar-refractivity contribution is 0.0709. The van der Waals surface area contributed by atoms with Gasteiger partial charge in [0.15, 0.2) is 0 Å². The lowest BCUT2D eigenvalue weighted by Gasteiger charge is -2.16. The van der Waals surface area contributed by atoms with Gasteiger partial charge in [0.1, 0.15) is 11.5 Å². The molecule has 0 aliphatic carbocycles. The Bertz CT molecular complexity index is 2420. The van der Waals surface area contributed by atoms with Crippen molar-refractivity contribution in [1.29, 1.82) is 0 Å². The molecule has 2 aliphatic heterocycles. The van der Waals surface area contributed by atoms with Crippen LogP contribution < -0.4 is 35.5 Å². The van der Waals surface area contributed by atoms with E-state index in [2.05, 4.69) is 19.9 Å². The molecule has 268 valence electrons. The van der Waals surface area contributed by atoms with Crippen LogP contribution in [0.4, 0.5) is 22.7 Å². The number of anilines is 4. The number of ether oxygens (including phenoxy) is 3. The standard InChI is InChI=1S/C38H22N8O9/c39-21-15-41-37(42-16-21)54-35(51)19-1-11-27-29(13-19)33(49)45(31(27)47)23-3-7-25(8-4-23)53-26-9-5-24(6-10-26)46-32(48)28-12-2-20(14-30(28)34(46)50)36(52)55-38-43-17-22(40)18-44-38/h1-18H,39-40H2. The third-order valence-corrected chi connectivity index (χ3v) is 8.33. The normalized spacial score (nSPS) is 13.1. The van der Waals surface area contributed by atoms with Gasteiger partial charge in [-0.1, -0.05) is 0 Å². The minimum Gasteiger partial charge on any atom is -0.457 e. The Hall–Kier alpha value is -8.34. The molecule has 55 heavy (non-hydrogen) atoms. The Morgan fingerprint density at radius 1 is 0.473 bits per heavy atom. The first-order valence-electron chi connectivity index (χ1n) is 16.1. The fourth-order valence-electron chi connectivity index (χ4n) is 5.71. The fraction of sp³-hybridized carbons (Fsp3) is 0. The molecular formula is C38H22N8O9. The Balaban J connectivity index is 0.918. The molecule has 6 aromatic rings. The predicted molar refractivity (Wildman–Crippen MR) is 191 cm³/mol. The number of benzene rings is 4. The van der Waals surface area contributed by atoms with Crippen molar-refractivity contribution in [2.45, 2.75) is 0 Å². The average Bonchev–Trinajstić information content (AvgIpc) is 3.60. The largest absolute Gasteiger partial charge is 0.457 e. The van der Waals surface area contributed by atoms with E-state index >= 15 is 0 Å². The molecule has 0 unspecified atom stereocenters. The van der Waals surface area contributed by atoms with E-state index in [1.54, 1.807) is 24.3 Å². The Labute approximate surface area is 308 Å². The molecule has 0 saturated heterocycles. The summed E-state index contributed by atoms with van der Waals surface area (Å²) in [6, 6.07) is 19.8. The van der Waals surface area contributed by atoms with Gasteiger partial charge in [-0.25, -0.2) is 39.3 Å². The van der Waals surface area contributed by atoms with Crippen molar-refractivity contribution >= 4 is 58.3 Å². The highest BCUT2D eigenvalue weighted by Crippen LogP contribution is 2.34. The zero-order valence-corrected chi connectivity index (χ0v) is 27.9. The number of fused-ring (bicyclic) bond motifs is 2. The molecule has 0 spiro atoms. The maximum Gasteiger partial charge on any atom is 0.345 e. The molecule has 0 fully saturated rings. The summed E-state index contributed by atoms with van der Waals surface area (Å²) in [6.07, 6.45) is 5.08. The van der Waals surface area contributed by atoms with Gasteiger partial charge in [0, 0.05) is 0 Å². The minimum atomic E-state index is -0.829. The summed E-state index contributed by atoms with van der Waals surface area (Å²) in [6.45, 7) is 0. The number of hydrogen-bond acceptors (Lipinski definition) is 15. The summed E-state index contributed by atoms with van der Waals surface area (Å²) in [4.78, 5) is 95.7. The van der Waals surface area contributed by atoms with Gasteiger partial charge >= 0.3 is 24.0 Å². The number of esters is 2. The summed E-state index contributed by atoms with van der Waals surface area (Å²) in [5, 5.41) is 0. The van der Waals surface area contributed by atoms with Crippen LogP contribution in [0.25, 0.3) is 0 Å². The SMILES string of the molecule is Nc1cnc(OC(=O)c2ccc3c(c2)C(=O)N(c2ccc(Oc4ccc(N5C(=O)c6ccc(C(=O)Oc7ncc(N)cn7)cc6C5=O)cc4)cc2)C3=O)nc1. The van der Waals surface area contributed by atoms with Crippen molar-refractivity contribution in [3.05, 3.63) is 143 Å². The van der Waals surface area contributed by atoms with Crippen molar-refractivity contribution in [2.24, 2.45) is 0 Å². The van der Waals surface area contributed by atoms with Crippen molar-refractivity contribution in [1.82, 2.24) is 19.9 Å². The number of carbonyl (C=O) groups excluding carboxylic acids is 6. The topological polar surface area (TPSA) is 240 Å². The monoisotopic (exact) mass is 734 g/mol. The summed E-state index contributed by atoms with van der Waals surface area (Å²) in [5.74, 6) is -3.39. The summed E-state index contributed by atoms with van der Waals surface area (Å²) < 4.78 is 16.2. The van der Waals surface area contributed by atoms with Crippen LogP contribution in [0.15, 0.2) is 110 Å². The van der Waals surface area contributed by atoms with Crippen molar-refractivity contribution in [3.63, 3.8) is 0 Å². The van der Waals surface area contributed by atoms with Crippen LogP contribution in [0.2, 0.25) is 0 Å². The van der Waals surface area contributed by atoms with E-state index in [9.17, 15) is 28.8 Å². The van der Waals surface area contributed by atoms with Crippen LogP contribution in [0.5, 0.6) is 23.5 Å². The van der Waals surface area contributed by atoms with Gasteiger partial charge in [-0.2, -0.15) is 0 Å². The van der Waals surface area contributed by atoms with Crippen LogP contribution in [0.3, 0.4) is 0 Å². The van der Waals surface area contributed by atoms with Crippen molar-refractivity contribution in [2.75, 3.05) is 21.3 Å². The van der Waals surface area contributed by atoms with Crippen LogP contribution in [-0.4, -0.2) is 55.5 Å². The van der Waals surface area contributed by atoms with E-state index in [-0.39, 0.29) is 68.2 Å². The molecular weight excluding hydrogens is 712 g/mol. The van der Waals surface area contributed by atoms with Gasteiger partial charge in [0.05, 0.1) is 80.9 Å². The van der Waals surface area contributed by atoms with E-state index in [1.165, 1.54) is 85.5 Å². The second-order valence-electron chi connectivity index (χ2n) is 11.9. The second kappa shape index (κ2) is 13.3. The Kier molecular flexibility index (Phi) is 8.19. The first-order chi connectivity index (χ1) is 26.5. The minimum absolute atomic E-state index is 0.0120. The molecule has 17 heteroatoms. The first kappa shape index (κ1) is 33.8. The Morgan fingerprint density at radius 2 is 0.818 bits per heavy atom. The number of nitrogens with zero attached hydrogens (tertiary/aromatic N) is 6. The van der Waals surface area contributed by atoms with Gasteiger partial charge in [0.25, 0.3) is 23.6 Å². The summed E-state index contributed by atoms with van der Waals surface area (Å²) >= 11 is 0. The van der Waals surface area contributed by atoms with E-state index in [4.69, 9.17) is 25.7 Å². The van der Waals surface area contributed by atoms with E-state index in [0.29, 0.717) is 11.5 Å². The highest BCUT2D eigenvalue weighted by molar-refractivity contribution is 6.35. The number of rotatable bonds is 8. The second-order valence-corrected chi connectivity index (χ2v) is 11.9. The first-order valence-corrected chi connectivity index (χ1v) is 16.1. The maximum atomic E-state index is 13.3. The van der Waals surface area contributed by atoms with Gasteiger partial charge in [-0.15, -0.1) is 0 Å². The zero-order valence-electron chi connectivity index (χ0n) is 27.9. The number of aromatic nitrogens is 4. The van der Waals surface area contributed by atoms with E-state index < -0.39 is 35.6 Å². The third kappa shape index (κ3) is 6.29. The van der Waals surface area contributed by atoms with Gasteiger partial charge in [-0.3, -0.25) is 19.2 Å². The molecule has 0 bridgehead atoms. The highest BCUT2D eigenvalue weighted by atomic mass is 16.6. The molecule has 4 heterocycles. The number of imide groups is 2. The predicted octanol–water partition coefficient (Wildman–Crippen LogP) is 4.26. The number of amides is 4. The molecule has 0 atom stereocenters. The highest BCUT2D eigenvalue weighted by Gasteiger charge is 2.39. The molecule has 17 nitrogen and oxygen atoms in total. The lowest BCUT2D eigenvalue weighted by Crippen LogP contribution is -2.29. The maximum absolute atomic E-state index is 13.3. The average molecular weight is 735 g/mol. The van der Waals surface area contributed by atoms with Crippen LogP contribution >= 0.6 is 0 Å². The molecule has 8 rings (SSSR count). The van der Waals surface area contributed by atoms with Crippen LogP contribution in [0, 0.1) is 0 Å². The summed E-state index contributed by atoms with van der Waals surface area (Å²) in [7, 11) is 0. The van der Waals surface area contributed by atoms with Crippen molar-refractivity contribution < 1.29 is 43.0 Å². The molecule has 0 saturated carbocycles. The number of nitrogen functional groups attached to an aromatic ring is 2. The van der Waals surface area contributed by atoms with E-state index in [0.717, 1.165) is 9.80 Å². The van der Waals surface area contributed by atoms with Crippen LogP contribution in [0.1, 0.15) is 62.1 Å². The molecule has 4 N–H and O–H groups in total. The molecule has 4 amide bonds. The molecule has 4 aromatic carbocycles. The number of nitrogens with two attached hydrogens (primary N) is 2. The smallest absolute Gasteiger partial charge is 0.345 e. The fourth-order valence-corrected chi connectivity index (χ4v) is 5.71. The quantitative estimate of drug-likeness (QED) is 0.164. The Morgan fingerprint density at radius 3 is 1.18 bits per heavy atom. The third-order valence-electron chi connectivity index (χ3n) is 8.33. The van der Waals surface area contributed by atoms with E-state index in [1.807, 2.05) is 0 Å². The van der Waals surface area contributed by atoms with Crippen molar-refractivity contribution in [3.8, 4) is 23.5 Å². The summed E-state index contributed by atoms with van der Waals surface area (Å²) in [5.41, 5.74) is 12.5. The van der Waals surface area contributed by atoms with Gasteiger partial charge in [-0.05, 0) is 84.9 Å². The van der Waals surface area contributed by atoms with Gasteiger partial charge in [0.2, 0.25) is 0 Å². The number of hydrogen-bond donors (Lipinski definition) is 2. The van der Waals surface area contributed by atoms with Gasteiger partial charge < -0.3 is 25.7 Å². The number of carbonyl (C=O) groups is 6. The lowest BCUT2D eigenvalue weighted by atomic mass is 10.1.